The van der Waals surface area contributed by atoms with E-state index in [-0.39, 0.29) is 5.92 Å². The molecule has 0 fully saturated rings. The second-order valence-electron chi connectivity index (χ2n) is 11.6. The first-order valence-corrected chi connectivity index (χ1v) is 15.9. The van der Waals surface area contributed by atoms with E-state index in [9.17, 15) is 0 Å². The molecule has 1 atom stereocenters. The van der Waals surface area contributed by atoms with Gasteiger partial charge in [0, 0.05) is 22.9 Å². The Labute approximate surface area is 271 Å². The van der Waals surface area contributed by atoms with Crippen LogP contribution in [0.25, 0.3) is 28.2 Å². The standard InChI is InChI=1S/C42H36N4/c43-39(33-13-5-1-6-14-33)29-40(34-15-7-2-8-16-34)44-37-25-21-31(22-26-37)32-23-27-38(28-24-32)46-42(36-19-11-4-12-20-36)30-41(45-46)35-17-9-3-10-18-35/h1-3,5-11,13-21,23-31,43-44H,4,12,22H2/b40-29-,43-39?. The van der Waals surface area contributed by atoms with Crippen LogP contribution in [0.3, 0.4) is 0 Å². The number of hydrogen-bond acceptors (Lipinski definition) is 3. The summed E-state index contributed by atoms with van der Waals surface area (Å²) < 4.78 is 2.08. The zero-order chi connectivity index (χ0) is 31.1. The van der Waals surface area contributed by atoms with Crippen LogP contribution in [0.4, 0.5) is 0 Å². The number of aromatic nitrogens is 2. The van der Waals surface area contributed by atoms with E-state index in [4.69, 9.17) is 10.5 Å². The molecule has 0 saturated heterocycles. The minimum Gasteiger partial charge on any atom is -0.355 e. The molecule has 1 heterocycles. The van der Waals surface area contributed by atoms with E-state index in [0.29, 0.717) is 5.71 Å². The summed E-state index contributed by atoms with van der Waals surface area (Å²) in [6.07, 6.45) is 18.4. The zero-order valence-electron chi connectivity index (χ0n) is 25.7. The van der Waals surface area contributed by atoms with Gasteiger partial charge in [0.05, 0.1) is 22.8 Å². The first-order chi connectivity index (χ1) is 22.7. The Bertz CT molecular complexity index is 1970. The van der Waals surface area contributed by atoms with Crippen molar-refractivity contribution >= 4 is 17.0 Å². The van der Waals surface area contributed by atoms with Crippen LogP contribution >= 0.6 is 0 Å². The van der Waals surface area contributed by atoms with Crippen LogP contribution in [0.15, 0.2) is 170 Å². The second-order valence-corrected chi connectivity index (χ2v) is 11.6. The van der Waals surface area contributed by atoms with Crippen LogP contribution in [-0.4, -0.2) is 15.5 Å². The number of nitrogens with zero attached hydrogens (tertiary/aromatic N) is 2. The molecule has 0 spiro atoms. The smallest absolute Gasteiger partial charge is 0.0934 e. The van der Waals surface area contributed by atoms with Crippen LogP contribution < -0.4 is 5.32 Å². The van der Waals surface area contributed by atoms with Crippen LogP contribution in [-0.2, 0) is 0 Å². The summed E-state index contributed by atoms with van der Waals surface area (Å²) >= 11 is 0. The molecule has 1 unspecified atom stereocenters. The predicted octanol–water partition coefficient (Wildman–Crippen LogP) is 9.90. The molecule has 0 saturated carbocycles. The Hall–Kier alpha value is -5.74. The Morgan fingerprint density at radius 3 is 2.11 bits per heavy atom. The summed E-state index contributed by atoms with van der Waals surface area (Å²) in [6, 6.07) is 41.5. The van der Waals surface area contributed by atoms with E-state index >= 15 is 0 Å². The lowest BCUT2D eigenvalue weighted by atomic mass is 9.91. The van der Waals surface area contributed by atoms with Gasteiger partial charge in [-0.25, -0.2) is 4.68 Å². The maximum atomic E-state index is 8.70. The van der Waals surface area contributed by atoms with Gasteiger partial charge in [-0.1, -0.05) is 134 Å². The van der Waals surface area contributed by atoms with Crippen molar-refractivity contribution < 1.29 is 0 Å². The lowest BCUT2D eigenvalue weighted by molar-refractivity contribution is 0.828. The van der Waals surface area contributed by atoms with Gasteiger partial charge in [0.1, 0.15) is 0 Å². The largest absolute Gasteiger partial charge is 0.355 e. The topological polar surface area (TPSA) is 53.7 Å². The van der Waals surface area contributed by atoms with E-state index in [1.165, 1.54) is 11.1 Å². The molecule has 4 heteroatoms. The molecule has 2 aliphatic rings. The van der Waals surface area contributed by atoms with Crippen molar-refractivity contribution in [3.63, 3.8) is 0 Å². The minimum absolute atomic E-state index is 0.285. The molecule has 1 aromatic heterocycles. The van der Waals surface area contributed by atoms with Gasteiger partial charge in [0.2, 0.25) is 0 Å². The molecule has 2 N–H and O–H groups in total. The molecule has 2 aliphatic carbocycles. The average Bonchev–Trinajstić information content (AvgIpc) is 3.59. The van der Waals surface area contributed by atoms with Gasteiger partial charge in [0.15, 0.2) is 0 Å². The molecule has 46 heavy (non-hydrogen) atoms. The third kappa shape index (κ3) is 6.52. The van der Waals surface area contributed by atoms with E-state index in [1.807, 2.05) is 60.7 Å². The van der Waals surface area contributed by atoms with Gasteiger partial charge in [-0.05, 0) is 71.9 Å². The van der Waals surface area contributed by atoms with Crippen molar-refractivity contribution in [1.82, 2.24) is 15.1 Å². The zero-order valence-corrected chi connectivity index (χ0v) is 25.7. The Kier molecular flexibility index (Phi) is 8.51. The monoisotopic (exact) mass is 596 g/mol. The maximum absolute atomic E-state index is 8.70. The van der Waals surface area contributed by atoms with Gasteiger partial charge in [0.25, 0.3) is 0 Å². The minimum atomic E-state index is 0.285. The van der Waals surface area contributed by atoms with E-state index < -0.39 is 0 Å². The fourth-order valence-electron chi connectivity index (χ4n) is 5.97. The molecule has 0 amide bonds. The third-order valence-corrected chi connectivity index (χ3v) is 8.47. The molecule has 7 rings (SSSR count). The highest BCUT2D eigenvalue weighted by Crippen LogP contribution is 2.31. The maximum Gasteiger partial charge on any atom is 0.0934 e. The summed E-state index contributed by atoms with van der Waals surface area (Å²) in [6.45, 7) is 0. The van der Waals surface area contributed by atoms with Crippen molar-refractivity contribution in [2.45, 2.75) is 25.2 Å². The van der Waals surface area contributed by atoms with Gasteiger partial charge in [-0.15, -0.1) is 0 Å². The molecule has 0 aliphatic heterocycles. The first-order valence-electron chi connectivity index (χ1n) is 15.9. The Morgan fingerprint density at radius 2 is 1.46 bits per heavy atom. The van der Waals surface area contributed by atoms with Crippen LogP contribution in [0.5, 0.6) is 0 Å². The van der Waals surface area contributed by atoms with Gasteiger partial charge in [-0.3, -0.25) is 0 Å². The number of rotatable bonds is 9. The molecule has 224 valence electrons. The van der Waals surface area contributed by atoms with E-state index in [0.717, 1.165) is 64.4 Å². The molecule has 0 bridgehead atoms. The fraction of sp³-hybridized carbons (Fsp3) is 0.0952. The fourth-order valence-corrected chi connectivity index (χ4v) is 5.97. The summed E-state index contributed by atoms with van der Waals surface area (Å²) in [7, 11) is 0. The van der Waals surface area contributed by atoms with Crippen LogP contribution in [0.1, 0.15) is 47.6 Å². The highest BCUT2D eigenvalue weighted by Gasteiger charge is 2.17. The highest BCUT2D eigenvalue weighted by molar-refractivity contribution is 6.10. The molecule has 4 aromatic carbocycles. The van der Waals surface area contributed by atoms with E-state index in [2.05, 4.69) is 113 Å². The van der Waals surface area contributed by atoms with Gasteiger partial charge >= 0.3 is 0 Å². The Balaban J connectivity index is 1.10. The van der Waals surface area contributed by atoms with Crippen molar-refractivity contribution in [3.8, 4) is 16.9 Å². The predicted molar refractivity (Wildman–Crippen MR) is 191 cm³/mol. The van der Waals surface area contributed by atoms with Gasteiger partial charge in [-0.2, -0.15) is 5.10 Å². The molecular weight excluding hydrogens is 560 g/mol. The summed E-state index contributed by atoms with van der Waals surface area (Å²) in [4.78, 5) is 0. The third-order valence-electron chi connectivity index (χ3n) is 8.47. The quantitative estimate of drug-likeness (QED) is 0.166. The van der Waals surface area contributed by atoms with Crippen molar-refractivity contribution in [3.05, 3.63) is 192 Å². The van der Waals surface area contributed by atoms with Crippen molar-refractivity contribution in [2.75, 3.05) is 0 Å². The lowest BCUT2D eigenvalue weighted by Gasteiger charge is -2.20. The molecule has 4 nitrogen and oxygen atoms in total. The molecular formula is C42H36N4. The summed E-state index contributed by atoms with van der Waals surface area (Å²) in [5, 5.41) is 17.4. The first kappa shape index (κ1) is 29.0. The highest BCUT2D eigenvalue weighted by atomic mass is 15.3. The molecule has 5 aromatic rings. The van der Waals surface area contributed by atoms with E-state index in [1.54, 1.807) is 0 Å². The summed E-state index contributed by atoms with van der Waals surface area (Å²) in [5.41, 5.74) is 11.1. The number of allylic oxidation sites excluding steroid dienone is 8. The summed E-state index contributed by atoms with van der Waals surface area (Å²) in [5.74, 6) is 0.285. The van der Waals surface area contributed by atoms with Crippen LogP contribution in [0, 0.1) is 5.41 Å². The van der Waals surface area contributed by atoms with Crippen molar-refractivity contribution in [2.24, 2.45) is 0 Å². The normalized spacial score (nSPS) is 16.1. The SMILES string of the molecule is N=C(/C=C(\NC1=CCC(c2ccc(-n3nc(-c4ccccc4)cc3C3=CCCC=C3)cc2)C=C1)c1ccccc1)c1ccccc1. The van der Waals surface area contributed by atoms with Crippen LogP contribution in [0.2, 0.25) is 0 Å². The number of benzene rings is 4. The Morgan fingerprint density at radius 1 is 0.761 bits per heavy atom. The average molecular weight is 597 g/mol. The number of hydrogen-bond donors (Lipinski definition) is 2. The van der Waals surface area contributed by atoms with Crippen molar-refractivity contribution in [1.29, 1.82) is 5.41 Å². The molecule has 0 radical (unpaired) electrons. The van der Waals surface area contributed by atoms with Gasteiger partial charge < -0.3 is 10.7 Å². The number of nitrogens with one attached hydrogen (secondary N) is 2. The second kappa shape index (κ2) is 13.5. The lowest BCUT2D eigenvalue weighted by Crippen LogP contribution is -2.14.